The topological polar surface area (TPSA) is 78.9 Å². The summed E-state index contributed by atoms with van der Waals surface area (Å²) in [5, 5.41) is 19.4. The van der Waals surface area contributed by atoms with Crippen LogP contribution in [0.25, 0.3) is 17.0 Å². The molecule has 0 saturated carbocycles. The maximum absolute atomic E-state index is 11.1. The number of hydrogen-bond acceptors (Lipinski definition) is 3. The zero-order valence-electron chi connectivity index (χ0n) is 12.5. The predicted octanol–water partition coefficient (Wildman–Crippen LogP) is 3.73. The summed E-state index contributed by atoms with van der Waals surface area (Å²) in [4.78, 5) is 15.4. The number of carbonyl (C=O) groups is 1. The number of carboxylic acid groups (broad SMARTS) is 1. The molecule has 1 aromatic carbocycles. The fourth-order valence-electron chi connectivity index (χ4n) is 2.50. The predicted molar refractivity (Wildman–Crippen MR) is 91.5 cm³/mol. The molecule has 0 fully saturated rings. The third-order valence-corrected chi connectivity index (χ3v) is 3.82. The fourth-order valence-corrected chi connectivity index (χ4v) is 2.67. The Morgan fingerprint density at radius 3 is 2.88 bits per heavy atom. The largest absolute Gasteiger partial charge is 0.477 e. The van der Waals surface area contributed by atoms with Gasteiger partial charge in [-0.25, -0.2) is 4.79 Å². The Kier molecular flexibility index (Phi) is 4.32. The van der Waals surface area contributed by atoms with E-state index in [1.165, 1.54) is 6.08 Å². The zero-order valence-corrected chi connectivity index (χ0v) is 13.2. The minimum Gasteiger partial charge on any atom is -0.477 e. The highest BCUT2D eigenvalue weighted by Gasteiger charge is 2.12. The monoisotopic (exact) mass is 337 g/mol. The van der Waals surface area contributed by atoms with Gasteiger partial charge in [0.2, 0.25) is 0 Å². The Morgan fingerprint density at radius 1 is 1.38 bits per heavy atom. The average molecular weight is 338 g/mol. The van der Waals surface area contributed by atoms with Crippen LogP contribution in [0.15, 0.2) is 54.4 Å². The van der Waals surface area contributed by atoms with Crippen molar-refractivity contribution in [1.82, 2.24) is 9.55 Å². The highest BCUT2D eigenvalue weighted by Crippen LogP contribution is 2.27. The second-order valence-electron chi connectivity index (χ2n) is 5.17. The maximum atomic E-state index is 11.1. The Bertz CT molecular complexity index is 985. The summed E-state index contributed by atoms with van der Waals surface area (Å²) in [6, 6.07) is 12.7. The Hall–Kier alpha value is -3.10. The van der Waals surface area contributed by atoms with Gasteiger partial charge in [0.15, 0.2) is 0 Å². The molecule has 0 aliphatic heterocycles. The van der Waals surface area contributed by atoms with Gasteiger partial charge >= 0.3 is 5.97 Å². The van der Waals surface area contributed by atoms with Crippen molar-refractivity contribution < 1.29 is 9.90 Å². The molecule has 0 radical (unpaired) electrons. The van der Waals surface area contributed by atoms with Crippen molar-refractivity contribution in [3.63, 3.8) is 0 Å². The van der Waals surface area contributed by atoms with E-state index in [-0.39, 0.29) is 5.57 Å². The molecule has 0 unspecified atom stereocenters. The normalized spacial score (nSPS) is 11.4. The van der Waals surface area contributed by atoms with Crippen molar-refractivity contribution in [3.05, 3.63) is 70.6 Å². The van der Waals surface area contributed by atoms with Crippen LogP contribution >= 0.6 is 11.6 Å². The lowest BCUT2D eigenvalue weighted by molar-refractivity contribution is -0.132. The molecule has 0 bridgehead atoms. The quantitative estimate of drug-likeness (QED) is 0.581. The van der Waals surface area contributed by atoms with Gasteiger partial charge in [-0.05, 0) is 30.3 Å². The molecule has 2 heterocycles. The van der Waals surface area contributed by atoms with E-state index < -0.39 is 5.97 Å². The molecule has 0 aliphatic rings. The lowest BCUT2D eigenvalue weighted by Crippen LogP contribution is -1.99. The van der Waals surface area contributed by atoms with Gasteiger partial charge in [0.1, 0.15) is 11.6 Å². The number of pyridine rings is 1. The van der Waals surface area contributed by atoms with Crippen LogP contribution < -0.4 is 0 Å². The summed E-state index contributed by atoms with van der Waals surface area (Å²) in [6.45, 7) is 0.514. The van der Waals surface area contributed by atoms with Gasteiger partial charge in [-0.15, -0.1) is 0 Å². The van der Waals surface area contributed by atoms with Gasteiger partial charge < -0.3 is 9.67 Å². The van der Waals surface area contributed by atoms with Crippen LogP contribution in [0.4, 0.5) is 0 Å². The molecule has 5 nitrogen and oxygen atoms in total. The summed E-state index contributed by atoms with van der Waals surface area (Å²) in [7, 11) is 0. The summed E-state index contributed by atoms with van der Waals surface area (Å²) < 4.78 is 1.94. The first-order valence-electron chi connectivity index (χ1n) is 7.12. The van der Waals surface area contributed by atoms with Gasteiger partial charge in [-0.3, -0.25) is 4.98 Å². The van der Waals surface area contributed by atoms with Crippen LogP contribution in [0.5, 0.6) is 0 Å². The van der Waals surface area contributed by atoms with Crippen molar-refractivity contribution >= 4 is 34.5 Å². The smallest absolute Gasteiger partial charge is 0.346 e. The molecule has 0 atom stereocenters. The molecule has 0 aliphatic carbocycles. The Balaban J connectivity index is 2.15. The first kappa shape index (κ1) is 15.8. The lowest BCUT2D eigenvalue weighted by atomic mass is 10.1. The molecule has 3 rings (SSSR count). The van der Waals surface area contributed by atoms with E-state index in [2.05, 4.69) is 4.98 Å². The van der Waals surface area contributed by atoms with E-state index in [1.54, 1.807) is 24.5 Å². The Labute approximate surface area is 143 Å². The zero-order chi connectivity index (χ0) is 17.1. The summed E-state index contributed by atoms with van der Waals surface area (Å²) in [5.41, 5.74) is 2.05. The van der Waals surface area contributed by atoms with Gasteiger partial charge in [0.25, 0.3) is 0 Å². The van der Waals surface area contributed by atoms with Crippen LogP contribution in [-0.2, 0) is 11.3 Å². The molecule has 1 N–H and O–H groups in total. The third-order valence-electron chi connectivity index (χ3n) is 3.58. The number of halogens is 1. The molecule has 0 spiro atoms. The van der Waals surface area contributed by atoms with Crippen molar-refractivity contribution in [2.24, 2.45) is 0 Å². The minimum atomic E-state index is -1.25. The van der Waals surface area contributed by atoms with Gasteiger partial charge in [0, 0.05) is 28.4 Å². The maximum Gasteiger partial charge on any atom is 0.346 e. The summed E-state index contributed by atoms with van der Waals surface area (Å²) >= 11 is 6.10. The average Bonchev–Trinajstić information content (AvgIpc) is 2.90. The van der Waals surface area contributed by atoms with Crippen LogP contribution in [0, 0.1) is 11.3 Å². The standard InChI is InChI=1S/C18H12ClN3O2/c19-14-4-5-16-13(7-12(9-20)18(23)24)10-22(17(16)8-14)11-15-3-1-2-6-21-15/h1-8,10H,11H2,(H,23,24)/b12-7+. The van der Waals surface area contributed by atoms with E-state index in [0.717, 1.165) is 16.6 Å². The van der Waals surface area contributed by atoms with Crippen molar-refractivity contribution in [3.8, 4) is 6.07 Å². The number of rotatable bonds is 4. The second kappa shape index (κ2) is 6.57. The van der Waals surface area contributed by atoms with Gasteiger partial charge in [-0.1, -0.05) is 23.7 Å². The number of nitrogens with zero attached hydrogens (tertiary/aromatic N) is 3. The molecule has 2 aromatic heterocycles. The number of hydrogen-bond donors (Lipinski definition) is 1. The van der Waals surface area contributed by atoms with E-state index in [4.69, 9.17) is 22.0 Å². The van der Waals surface area contributed by atoms with Crippen molar-refractivity contribution in [1.29, 1.82) is 5.26 Å². The summed E-state index contributed by atoms with van der Waals surface area (Å²) in [6.07, 6.45) is 4.89. The van der Waals surface area contributed by atoms with E-state index in [9.17, 15) is 4.79 Å². The van der Waals surface area contributed by atoms with Crippen LogP contribution in [0.3, 0.4) is 0 Å². The number of nitriles is 1. The molecule has 3 aromatic rings. The molecule has 118 valence electrons. The minimum absolute atomic E-state index is 0.318. The SMILES string of the molecule is N#C/C(=C\c1cn(Cc2ccccn2)c2cc(Cl)ccc12)C(=O)O. The first-order chi connectivity index (χ1) is 11.6. The fraction of sp³-hybridized carbons (Fsp3) is 0.0556. The summed E-state index contributed by atoms with van der Waals surface area (Å²) in [5.74, 6) is -1.25. The molecule has 24 heavy (non-hydrogen) atoms. The van der Waals surface area contributed by atoms with Crippen LogP contribution in [-0.4, -0.2) is 20.6 Å². The second-order valence-corrected chi connectivity index (χ2v) is 5.61. The number of carboxylic acids is 1. The highest BCUT2D eigenvalue weighted by molar-refractivity contribution is 6.31. The Morgan fingerprint density at radius 2 is 2.21 bits per heavy atom. The number of fused-ring (bicyclic) bond motifs is 1. The molecule has 6 heteroatoms. The molecular formula is C18H12ClN3O2. The molecule has 0 amide bonds. The van der Waals surface area contributed by atoms with Gasteiger partial charge in [0.05, 0.1) is 17.8 Å². The number of aromatic nitrogens is 2. The van der Waals surface area contributed by atoms with Crippen molar-refractivity contribution in [2.45, 2.75) is 6.54 Å². The highest BCUT2D eigenvalue weighted by atomic mass is 35.5. The number of aliphatic carboxylic acids is 1. The number of benzene rings is 1. The van der Waals surface area contributed by atoms with Crippen LogP contribution in [0.1, 0.15) is 11.3 Å². The third kappa shape index (κ3) is 3.14. The van der Waals surface area contributed by atoms with Crippen molar-refractivity contribution in [2.75, 3.05) is 0 Å². The van der Waals surface area contributed by atoms with E-state index in [1.807, 2.05) is 34.9 Å². The molecular weight excluding hydrogens is 326 g/mol. The van der Waals surface area contributed by atoms with E-state index >= 15 is 0 Å². The van der Waals surface area contributed by atoms with Crippen LogP contribution in [0.2, 0.25) is 5.02 Å². The van der Waals surface area contributed by atoms with Gasteiger partial charge in [-0.2, -0.15) is 5.26 Å². The first-order valence-corrected chi connectivity index (χ1v) is 7.49. The molecule has 0 saturated heterocycles. The lowest BCUT2D eigenvalue weighted by Gasteiger charge is -2.04. The van der Waals surface area contributed by atoms with E-state index in [0.29, 0.717) is 17.1 Å².